The summed E-state index contributed by atoms with van der Waals surface area (Å²) in [6.07, 6.45) is 0. The third kappa shape index (κ3) is 5.45. The topological polar surface area (TPSA) is 72.9 Å². The fourth-order valence-electron chi connectivity index (χ4n) is 2.23. The van der Waals surface area contributed by atoms with Gasteiger partial charge in [-0.25, -0.2) is 0 Å². The van der Waals surface area contributed by atoms with E-state index in [0.717, 1.165) is 10.2 Å². The van der Waals surface area contributed by atoms with Crippen molar-refractivity contribution in [2.45, 2.75) is 0 Å². The normalized spacial score (nSPS) is 16.6. The van der Waals surface area contributed by atoms with E-state index in [1.165, 1.54) is 0 Å². The van der Waals surface area contributed by atoms with E-state index in [2.05, 4.69) is 21.2 Å². The minimum absolute atomic E-state index is 0.0518. The first-order valence-corrected chi connectivity index (χ1v) is 7.54. The molecule has 1 aromatic rings. The molecule has 0 atom stereocenters. The number of nitrogens with one attached hydrogen (secondary N) is 1. The monoisotopic (exact) mass is 355 g/mol. The van der Waals surface area contributed by atoms with Crippen LogP contribution in [0, 0.1) is 0 Å². The van der Waals surface area contributed by atoms with Crippen LogP contribution in [0.15, 0.2) is 28.7 Å². The molecule has 0 aromatic heterocycles. The molecule has 1 amide bonds. The second-order valence-electron chi connectivity index (χ2n) is 5.00. The van der Waals surface area contributed by atoms with Crippen molar-refractivity contribution >= 4 is 33.5 Å². The number of benzene rings is 1. The average molecular weight is 356 g/mol. The molecule has 2 rings (SSSR count). The number of carboxylic acids is 1. The molecule has 1 aromatic carbocycles. The number of carbonyl (C=O) groups is 2. The highest BCUT2D eigenvalue weighted by atomic mass is 79.9. The van der Waals surface area contributed by atoms with Crippen LogP contribution in [-0.2, 0) is 9.59 Å². The molecule has 21 heavy (non-hydrogen) atoms. The Balaban J connectivity index is 1.74. The number of carboxylic acid groups (broad SMARTS) is 1. The Hall–Kier alpha value is -1.44. The molecule has 0 saturated carbocycles. The quantitative estimate of drug-likeness (QED) is 0.827. The number of anilines is 1. The van der Waals surface area contributed by atoms with Crippen molar-refractivity contribution < 1.29 is 14.7 Å². The molecule has 0 bridgehead atoms. The third-order valence-corrected chi connectivity index (χ3v) is 3.85. The molecule has 0 unspecified atom stereocenters. The molecule has 7 heteroatoms. The smallest absolute Gasteiger partial charge is 0.317 e. The van der Waals surface area contributed by atoms with Gasteiger partial charge in [0.05, 0.1) is 13.1 Å². The van der Waals surface area contributed by atoms with Gasteiger partial charge in [-0.15, -0.1) is 0 Å². The van der Waals surface area contributed by atoms with Crippen LogP contribution in [-0.4, -0.2) is 66.1 Å². The zero-order valence-electron chi connectivity index (χ0n) is 11.6. The van der Waals surface area contributed by atoms with Gasteiger partial charge in [-0.05, 0) is 24.3 Å². The number of rotatable bonds is 5. The summed E-state index contributed by atoms with van der Waals surface area (Å²) in [5.74, 6) is -0.861. The number of carbonyl (C=O) groups excluding carboxylic acids is 1. The maximum atomic E-state index is 12.0. The number of hydrogen-bond acceptors (Lipinski definition) is 4. The summed E-state index contributed by atoms with van der Waals surface area (Å²) < 4.78 is 0.968. The van der Waals surface area contributed by atoms with Crippen LogP contribution in [0.4, 0.5) is 5.69 Å². The molecule has 1 fully saturated rings. The lowest BCUT2D eigenvalue weighted by atomic mass is 10.3. The van der Waals surface area contributed by atoms with Crippen LogP contribution in [0.1, 0.15) is 0 Å². The van der Waals surface area contributed by atoms with Gasteiger partial charge < -0.3 is 10.4 Å². The lowest BCUT2D eigenvalue weighted by Gasteiger charge is -2.33. The summed E-state index contributed by atoms with van der Waals surface area (Å²) in [5.41, 5.74) is 0.771. The van der Waals surface area contributed by atoms with Crippen molar-refractivity contribution in [1.29, 1.82) is 0 Å². The van der Waals surface area contributed by atoms with Gasteiger partial charge in [0.2, 0.25) is 5.91 Å². The van der Waals surface area contributed by atoms with E-state index in [0.29, 0.717) is 32.7 Å². The molecule has 0 radical (unpaired) electrons. The van der Waals surface area contributed by atoms with Gasteiger partial charge in [0.15, 0.2) is 0 Å². The number of piperazine rings is 1. The molecule has 6 nitrogen and oxygen atoms in total. The Morgan fingerprint density at radius 1 is 1.05 bits per heavy atom. The van der Waals surface area contributed by atoms with Crippen LogP contribution >= 0.6 is 15.9 Å². The molecule has 1 saturated heterocycles. The fourth-order valence-corrected chi connectivity index (χ4v) is 2.50. The van der Waals surface area contributed by atoms with Gasteiger partial charge >= 0.3 is 5.97 Å². The van der Waals surface area contributed by atoms with Gasteiger partial charge in [0.25, 0.3) is 0 Å². The Morgan fingerprint density at radius 2 is 1.57 bits per heavy atom. The van der Waals surface area contributed by atoms with Crippen molar-refractivity contribution in [3.8, 4) is 0 Å². The van der Waals surface area contributed by atoms with Crippen LogP contribution in [0.2, 0.25) is 0 Å². The van der Waals surface area contributed by atoms with E-state index in [1.54, 1.807) is 0 Å². The molecule has 0 aliphatic carbocycles. The largest absolute Gasteiger partial charge is 0.480 e. The van der Waals surface area contributed by atoms with Gasteiger partial charge in [-0.2, -0.15) is 0 Å². The highest BCUT2D eigenvalue weighted by molar-refractivity contribution is 9.10. The SMILES string of the molecule is O=C(O)CN1CCN(CC(=O)Nc2ccc(Br)cc2)CC1. The van der Waals surface area contributed by atoms with E-state index in [1.807, 2.05) is 34.1 Å². The van der Waals surface area contributed by atoms with Crippen molar-refractivity contribution in [2.75, 3.05) is 44.6 Å². The first-order valence-electron chi connectivity index (χ1n) is 6.75. The fraction of sp³-hybridized carbons (Fsp3) is 0.429. The Kier molecular flexibility index (Phi) is 5.72. The molecular weight excluding hydrogens is 338 g/mol. The number of amides is 1. The molecule has 2 N–H and O–H groups in total. The number of hydrogen-bond donors (Lipinski definition) is 2. The predicted molar refractivity (Wildman–Crippen MR) is 83.3 cm³/mol. The maximum Gasteiger partial charge on any atom is 0.317 e. The number of nitrogens with zero attached hydrogens (tertiary/aromatic N) is 2. The summed E-state index contributed by atoms with van der Waals surface area (Å²) in [4.78, 5) is 26.5. The Bertz CT molecular complexity index is 499. The lowest BCUT2D eigenvalue weighted by Crippen LogP contribution is -2.49. The van der Waals surface area contributed by atoms with Gasteiger partial charge in [0.1, 0.15) is 0 Å². The second kappa shape index (κ2) is 7.53. The molecule has 114 valence electrons. The summed E-state index contributed by atoms with van der Waals surface area (Å²) >= 11 is 3.35. The highest BCUT2D eigenvalue weighted by Crippen LogP contribution is 2.14. The minimum atomic E-state index is -0.809. The van der Waals surface area contributed by atoms with Crippen LogP contribution in [0.5, 0.6) is 0 Å². The first kappa shape index (κ1) is 15.9. The summed E-state index contributed by atoms with van der Waals surface area (Å²) in [6.45, 7) is 3.17. The van der Waals surface area contributed by atoms with Crippen molar-refractivity contribution in [1.82, 2.24) is 9.80 Å². The van der Waals surface area contributed by atoms with Gasteiger partial charge in [0, 0.05) is 36.3 Å². The Labute approximate surface area is 131 Å². The van der Waals surface area contributed by atoms with E-state index in [-0.39, 0.29) is 12.5 Å². The minimum Gasteiger partial charge on any atom is -0.480 e. The van der Waals surface area contributed by atoms with Gasteiger partial charge in [-0.3, -0.25) is 19.4 Å². The van der Waals surface area contributed by atoms with Gasteiger partial charge in [-0.1, -0.05) is 15.9 Å². The summed E-state index contributed by atoms with van der Waals surface area (Å²) in [5, 5.41) is 11.6. The van der Waals surface area contributed by atoms with Crippen molar-refractivity contribution in [2.24, 2.45) is 0 Å². The molecular formula is C14H18BrN3O3. The van der Waals surface area contributed by atoms with E-state index in [9.17, 15) is 9.59 Å². The van der Waals surface area contributed by atoms with Crippen molar-refractivity contribution in [3.63, 3.8) is 0 Å². The lowest BCUT2D eigenvalue weighted by molar-refractivity contribution is -0.139. The molecule has 1 aliphatic heterocycles. The van der Waals surface area contributed by atoms with Crippen LogP contribution in [0.25, 0.3) is 0 Å². The summed E-state index contributed by atoms with van der Waals surface area (Å²) in [7, 11) is 0. The molecule has 0 spiro atoms. The average Bonchev–Trinajstić information content (AvgIpc) is 2.43. The van der Waals surface area contributed by atoms with Crippen molar-refractivity contribution in [3.05, 3.63) is 28.7 Å². The van der Waals surface area contributed by atoms with Crippen LogP contribution in [0.3, 0.4) is 0 Å². The van der Waals surface area contributed by atoms with E-state index >= 15 is 0 Å². The van der Waals surface area contributed by atoms with E-state index < -0.39 is 5.97 Å². The third-order valence-electron chi connectivity index (χ3n) is 3.32. The number of aliphatic carboxylic acids is 1. The zero-order chi connectivity index (χ0) is 15.2. The Morgan fingerprint density at radius 3 is 2.10 bits per heavy atom. The standard InChI is InChI=1S/C14H18BrN3O3/c15-11-1-3-12(4-2-11)16-13(19)9-17-5-7-18(8-6-17)10-14(20)21/h1-4H,5-10H2,(H,16,19)(H,20,21). The second-order valence-corrected chi connectivity index (χ2v) is 5.92. The highest BCUT2D eigenvalue weighted by Gasteiger charge is 2.20. The molecule has 1 heterocycles. The first-order chi connectivity index (χ1) is 10.0. The van der Waals surface area contributed by atoms with E-state index in [4.69, 9.17) is 5.11 Å². The zero-order valence-corrected chi connectivity index (χ0v) is 13.2. The predicted octanol–water partition coefficient (Wildman–Crippen LogP) is 1.09. The summed E-state index contributed by atoms with van der Waals surface area (Å²) in [6, 6.07) is 7.43. The van der Waals surface area contributed by atoms with Crippen LogP contribution < -0.4 is 5.32 Å². The number of halogens is 1. The molecule has 1 aliphatic rings. The maximum absolute atomic E-state index is 12.0.